The fraction of sp³-hybridized carbons (Fsp3) is 0.294. The number of aliphatic hydroxyl groups excluding tert-OH is 1. The number of aromatic nitrogens is 2. The number of terminal acetylenes is 1. The first-order valence-electron chi connectivity index (χ1n) is 13.9. The lowest BCUT2D eigenvalue weighted by molar-refractivity contribution is -0.137. The predicted octanol–water partition coefficient (Wildman–Crippen LogP) is 5.51. The van der Waals surface area contributed by atoms with E-state index in [0.29, 0.717) is 37.1 Å². The third kappa shape index (κ3) is 16.8. The number of nitrogens with two attached hydrogens (primary N) is 2. The number of hydrogen-bond donors (Lipinski definition) is 4. The lowest BCUT2D eigenvalue weighted by Crippen LogP contribution is -2.22. The number of hydrogen-bond acceptors (Lipinski definition) is 7. The van der Waals surface area contributed by atoms with Crippen LogP contribution in [-0.2, 0) is 23.8 Å². The molecule has 2 rings (SSSR count). The third-order valence-electron chi connectivity index (χ3n) is 5.54. The molecule has 2 aromatic rings. The van der Waals surface area contributed by atoms with Crippen molar-refractivity contribution in [2.24, 2.45) is 11.6 Å². The maximum absolute atomic E-state index is 12.8. The standard InChI is InChI=1S/C29H33F3N4O2.C2H7N.C2H2.CH5N/c1-4-25(10-6-5-9-24-14-16-26(17-15-24)29(30,31)32)28-21-27(11-7-19-37)34-36(28)23(3)13-12-22(2)35(33)18-8-20-38;1-3-2;2*1-2/h4-6,8,12-19,21,38H,2-3,7,9-11,20,33H2,1H3;3H,1-2H3;1-2H;2H2,1H3/b6-5-,13-12-,18-8+,25-4+;;;. The first-order chi connectivity index (χ1) is 21.5. The van der Waals surface area contributed by atoms with E-state index in [2.05, 4.69) is 42.2 Å². The molecule has 1 aromatic carbocycles. The second-order valence-corrected chi connectivity index (χ2v) is 8.82. The second kappa shape index (κ2) is 24.9. The van der Waals surface area contributed by atoms with Gasteiger partial charge in [0.15, 0.2) is 0 Å². The maximum atomic E-state index is 12.8. The molecule has 0 saturated carbocycles. The van der Waals surface area contributed by atoms with Crippen LogP contribution >= 0.6 is 0 Å². The number of hydrazine groups is 1. The molecule has 1 aromatic heterocycles. The molecule has 0 spiro atoms. The van der Waals surface area contributed by atoms with Gasteiger partial charge < -0.3 is 21.0 Å². The van der Waals surface area contributed by atoms with Crippen LogP contribution in [0, 0.1) is 12.8 Å². The highest BCUT2D eigenvalue weighted by Crippen LogP contribution is 2.29. The van der Waals surface area contributed by atoms with Crippen LogP contribution in [0.25, 0.3) is 11.3 Å². The average Bonchev–Trinajstić information content (AvgIpc) is 3.47. The third-order valence-corrected chi connectivity index (χ3v) is 5.54. The van der Waals surface area contributed by atoms with E-state index < -0.39 is 11.7 Å². The fourth-order valence-corrected chi connectivity index (χ4v) is 3.44. The molecule has 0 aliphatic rings. The van der Waals surface area contributed by atoms with Gasteiger partial charge >= 0.3 is 6.18 Å². The van der Waals surface area contributed by atoms with E-state index >= 15 is 0 Å². The van der Waals surface area contributed by atoms with Gasteiger partial charge in [-0.15, -0.1) is 12.8 Å². The summed E-state index contributed by atoms with van der Waals surface area (Å²) in [5.41, 5.74) is 8.11. The van der Waals surface area contributed by atoms with Gasteiger partial charge in [0.2, 0.25) is 0 Å². The Morgan fingerprint density at radius 2 is 1.71 bits per heavy atom. The van der Waals surface area contributed by atoms with Crippen molar-refractivity contribution >= 4 is 17.6 Å². The number of aldehydes is 1. The monoisotopic (exact) mass is 628 g/mol. The minimum absolute atomic E-state index is 0.150. The summed E-state index contributed by atoms with van der Waals surface area (Å²) in [5.74, 6) is 5.86. The van der Waals surface area contributed by atoms with Gasteiger partial charge in [-0.2, -0.15) is 18.3 Å². The molecule has 246 valence electrons. The van der Waals surface area contributed by atoms with Crippen LogP contribution < -0.4 is 16.9 Å². The Balaban J connectivity index is 0. The van der Waals surface area contributed by atoms with Crippen LogP contribution in [-0.4, -0.2) is 53.9 Å². The van der Waals surface area contributed by atoms with Crippen molar-refractivity contribution in [2.75, 3.05) is 27.7 Å². The number of benzene rings is 1. The highest BCUT2D eigenvalue weighted by atomic mass is 19.4. The highest BCUT2D eigenvalue weighted by molar-refractivity contribution is 5.69. The minimum Gasteiger partial charge on any atom is -0.392 e. The van der Waals surface area contributed by atoms with Crippen molar-refractivity contribution in [2.45, 2.75) is 38.8 Å². The van der Waals surface area contributed by atoms with Crippen LogP contribution in [0.1, 0.15) is 42.3 Å². The minimum atomic E-state index is -4.35. The number of alkyl halides is 3. The van der Waals surface area contributed by atoms with E-state index in [9.17, 15) is 18.0 Å². The number of rotatable bonds is 14. The Morgan fingerprint density at radius 3 is 2.22 bits per heavy atom. The summed E-state index contributed by atoms with van der Waals surface area (Å²) in [6.45, 7) is 9.74. The molecule has 0 radical (unpaired) electrons. The molecule has 1 heterocycles. The van der Waals surface area contributed by atoms with Gasteiger partial charge in [0.25, 0.3) is 0 Å². The van der Waals surface area contributed by atoms with Crippen molar-refractivity contribution < 1.29 is 23.1 Å². The van der Waals surface area contributed by atoms with E-state index in [-0.39, 0.29) is 6.61 Å². The van der Waals surface area contributed by atoms with Gasteiger partial charge in [-0.1, -0.05) is 43.5 Å². The molecule has 0 fully saturated rings. The number of halogens is 3. The molecule has 6 N–H and O–H groups in total. The summed E-state index contributed by atoms with van der Waals surface area (Å²) in [6, 6.07) is 7.03. The molecule has 0 amide bonds. The van der Waals surface area contributed by atoms with Crippen LogP contribution in [0.3, 0.4) is 0 Å². The van der Waals surface area contributed by atoms with E-state index in [1.54, 1.807) is 16.8 Å². The summed E-state index contributed by atoms with van der Waals surface area (Å²) in [4.78, 5) is 10.9. The average molecular weight is 629 g/mol. The zero-order valence-electron chi connectivity index (χ0n) is 26.6. The van der Waals surface area contributed by atoms with E-state index in [4.69, 9.17) is 10.9 Å². The highest BCUT2D eigenvalue weighted by Gasteiger charge is 2.29. The summed E-state index contributed by atoms with van der Waals surface area (Å²) in [5, 5.41) is 17.5. The van der Waals surface area contributed by atoms with Gasteiger partial charge in [-0.05, 0) is 94.9 Å². The number of carbonyl (C=O) groups excluding carboxylic acids is 1. The number of nitrogens with one attached hydrogen (secondary N) is 1. The Morgan fingerprint density at radius 1 is 1.11 bits per heavy atom. The van der Waals surface area contributed by atoms with E-state index in [0.717, 1.165) is 40.9 Å². The van der Waals surface area contributed by atoms with Gasteiger partial charge in [0.05, 0.1) is 29.3 Å². The van der Waals surface area contributed by atoms with E-state index in [1.807, 2.05) is 45.3 Å². The Kier molecular flexibility index (Phi) is 23.6. The molecule has 0 unspecified atom stereocenters. The second-order valence-electron chi connectivity index (χ2n) is 8.82. The first-order valence-corrected chi connectivity index (χ1v) is 13.9. The topological polar surface area (TPSA) is 122 Å². The Labute approximate surface area is 266 Å². The quantitative estimate of drug-likeness (QED) is 0.0544. The van der Waals surface area contributed by atoms with Crippen molar-refractivity contribution in [3.63, 3.8) is 0 Å². The van der Waals surface area contributed by atoms with Gasteiger partial charge in [-0.25, -0.2) is 10.5 Å². The predicted molar refractivity (Wildman–Crippen MR) is 180 cm³/mol. The zero-order valence-corrected chi connectivity index (χ0v) is 26.6. The number of aryl methyl sites for hydroxylation is 1. The molecule has 45 heavy (non-hydrogen) atoms. The number of nitrogens with zero attached hydrogens (tertiary/aromatic N) is 3. The molecule has 0 atom stereocenters. The first kappa shape index (κ1) is 42.7. The summed E-state index contributed by atoms with van der Waals surface area (Å²) in [6.07, 6.45) is 18.5. The van der Waals surface area contributed by atoms with Crippen molar-refractivity contribution in [1.82, 2.24) is 20.1 Å². The molecule has 8 nitrogen and oxygen atoms in total. The Bertz CT molecular complexity index is 1290. The van der Waals surface area contributed by atoms with Crippen LogP contribution in [0.5, 0.6) is 0 Å². The van der Waals surface area contributed by atoms with Crippen LogP contribution in [0.4, 0.5) is 13.2 Å². The van der Waals surface area contributed by atoms with Crippen LogP contribution in [0.2, 0.25) is 0 Å². The fourth-order valence-electron chi connectivity index (χ4n) is 3.44. The lowest BCUT2D eigenvalue weighted by Gasteiger charge is -2.14. The smallest absolute Gasteiger partial charge is 0.392 e. The molecular weight excluding hydrogens is 581 g/mol. The van der Waals surface area contributed by atoms with Gasteiger partial charge in [0.1, 0.15) is 6.29 Å². The van der Waals surface area contributed by atoms with Crippen molar-refractivity contribution in [1.29, 1.82) is 0 Å². The zero-order chi connectivity index (χ0) is 34.8. The molecule has 0 aliphatic heterocycles. The van der Waals surface area contributed by atoms with E-state index in [1.165, 1.54) is 36.5 Å². The van der Waals surface area contributed by atoms with Crippen LogP contribution in [0.15, 0.2) is 91.8 Å². The van der Waals surface area contributed by atoms with Gasteiger partial charge in [0, 0.05) is 18.3 Å². The number of carbonyl (C=O) groups is 1. The Hall–Kier alpha value is -4.47. The summed E-state index contributed by atoms with van der Waals surface area (Å²) >= 11 is 0. The normalized spacial score (nSPS) is 11.2. The largest absolute Gasteiger partial charge is 0.416 e. The number of allylic oxidation sites excluding steroid dienone is 7. The summed E-state index contributed by atoms with van der Waals surface area (Å²) in [7, 11) is 5.25. The SMILES string of the molecule is C#C.C=C(/C=C\C(=C)n1nc(CCC=O)cc1/C(=C/C)C/C=C\Cc1ccc(C(F)(F)F)cc1)N(N)/C=C/CO.CN.CNC. The van der Waals surface area contributed by atoms with Crippen molar-refractivity contribution in [3.05, 3.63) is 114 Å². The van der Waals surface area contributed by atoms with Gasteiger partial charge in [-0.3, -0.25) is 5.01 Å². The molecule has 0 aliphatic carbocycles. The summed E-state index contributed by atoms with van der Waals surface area (Å²) < 4.78 is 40.0. The lowest BCUT2D eigenvalue weighted by atomic mass is 10.1. The molecule has 11 heteroatoms. The number of aliphatic hydroxyl groups is 1. The molecule has 0 bridgehead atoms. The maximum Gasteiger partial charge on any atom is 0.416 e. The van der Waals surface area contributed by atoms with Crippen molar-refractivity contribution in [3.8, 4) is 12.8 Å². The molecule has 0 saturated heterocycles. The molecular formula is C34H47F3N6O2.